The van der Waals surface area contributed by atoms with Crippen molar-refractivity contribution >= 4 is 40.2 Å². The van der Waals surface area contributed by atoms with Gasteiger partial charge in [0.2, 0.25) is 5.95 Å². The number of hydrogen-bond acceptors (Lipinski definition) is 6. The number of H-pyrrole nitrogens is 1. The minimum atomic E-state index is 0.436. The van der Waals surface area contributed by atoms with E-state index in [1.807, 2.05) is 6.07 Å². The topological polar surface area (TPSA) is 102 Å². The van der Waals surface area contributed by atoms with Crippen LogP contribution in [0.25, 0.3) is 11.2 Å². The van der Waals surface area contributed by atoms with Gasteiger partial charge in [0.25, 0.3) is 0 Å². The van der Waals surface area contributed by atoms with Crippen molar-refractivity contribution in [2.45, 2.75) is 0 Å². The van der Waals surface area contributed by atoms with E-state index in [0.29, 0.717) is 39.2 Å². The number of fused-ring (bicyclic) bond motifs is 1. The minimum Gasteiger partial charge on any atom is -0.357 e. The Labute approximate surface area is 125 Å². The van der Waals surface area contributed by atoms with Crippen LogP contribution in [0.15, 0.2) is 24.5 Å². The lowest BCUT2D eigenvalue weighted by molar-refractivity contribution is 1.18. The van der Waals surface area contributed by atoms with Gasteiger partial charge in [0.1, 0.15) is 5.52 Å². The van der Waals surface area contributed by atoms with Crippen molar-refractivity contribution in [2.24, 2.45) is 0 Å². The van der Waals surface area contributed by atoms with Crippen LogP contribution in [0.5, 0.6) is 0 Å². The summed E-state index contributed by atoms with van der Waals surface area (Å²) in [6, 6.07) is 7.04. The van der Waals surface area contributed by atoms with Crippen molar-refractivity contribution in [1.82, 2.24) is 19.9 Å². The zero-order chi connectivity index (χ0) is 14.8. The summed E-state index contributed by atoms with van der Waals surface area (Å²) in [5.74, 6) is 0.996. The zero-order valence-corrected chi connectivity index (χ0v) is 11.7. The third kappa shape index (κ3) is 2.44. The second-order valence-corrected chi connectivity index (χ2v) is 4.59. The number of benzene rings is 1. The lowest BCUT2D eigenvalue weighted by atomic mass is 10.2. The maximum absolute atomic E-state index is 8.85. The number of rotatable bonds is 3. The molecular formula is C13H10ClN7. The average Bonchev–Trinajstić information content (AvgIpc) is 2.97. The molecule has 0 saturated carbocycles. The van der Waals surface area contributed by atoms with Crippen LogP contribution in [-0.2, 0) is 0 Å². The summed E-state index contributed by atoms with van der Waals surface area (Å²) in [4.78, 5) is 15.7. The number of nitrogens with one attached hydrogen (secondary N) is 3. The zero-order valence-electron chi connectivity index (χ0n) is 11.0. The smallest absolute Gasteiger partial charge is 0.226 e. The molecule has 0 atom stereocenters. The Bertz CT molecular complexity index is 849. The maximum Gasteiger partial charge on any atom is 0.226 e. The maximum atomic E-state index is 8.85. The average molecular weight is 300 g/mol. The molecule has 0 saturated heterocycles. The third-order valence-electron chi connectivity index (χ3n) is 2.86. The first-order valence-electron chi connectivity index (χ1n) is 6.07. The van der Waals surface area contributed by atoms with Gasteiger partial charge in [-0.2, -0.15) is 15.2 Å². The summed E-state index contributed by atoms with van der Waals surface area (Å²) in [6.07, 6.45) is 1.55. The number of hydrogen-bond donors (Lipinski definition) is 3. The fraction of sp³-hybridized carbons (Fsp3) is 0.0769. The van der Waals surface area contributed by atoms with Crippen LogP contribution in [0.3, 0.4) is 0 Å². The van der Waals surface area contributed by atoms with Gasteiger partial charge in [0, 0.05) is 7.05 Å². The molecule has 0 aliphatic carbocycles. The van der Waals surface area contributed by atoms with Crippen molar-refractivity contribution < 1.29 is 0 Å². The highest BCUT2D eigenvalue weighted by atomic mass is 35.5. The second kappa shape index (κ2) is 5.26. The van der Waals surface area contributed by atoms with Gasteiger partial charge in [0.15, 0.2) is 11.5 Å². The summed E-state index contributed by atoms with van der Waals surface area (Å²) in [6.45, 7) is 0. The first-order valence-corrected chi connectivity index (χ1v) is 6.44. The standard InChI is InChI=1S/C13H10ClN7/c1-16-13-20-11-10(17-6-18-11)12(21-13)19-9-3-2-7(5-15)4-8(9)14/h2-4,6H,1H3,(H3,16,17,18,19,20,21). The molecule has 3 rings (SSSR count). The first-order chi connectivity index (χ1) is 10.2. The summed E-state index contributed by atoms with van der Waals surface area (Å²) in [7, 11) is 1.73. The van der Waals surface area contributed by atoms with E-state index < -0.39 is 0 Å². The Morgan fingerprint density at radius 2 is 2.19 bits per heavy atom. The third-order valence-corrected chi connectivity index (χ3v) is 3.17. The highest BCUT2D eigenvalue weighted by Gasteiger charge is 2.11. The van der Waals surface area contributed by atoms with Crippen LogP contribution in [0.1, 0.15) is 5.56 Å². The van der Waals surface area contributed by atoms with E-state index in [9.17, 15) is 0 Å². The van der Waals surface area contributed by atoms with Crippen LogP contribution >= 0.6 is 11.6 Å². The number of nitrogens with zero attached hydrogens (tertiary/aromatic N) is 4. The Hall–Kier alpha value is -2.85. The van der Waals surface area contributed by atoms with Crippen molar-refractivity contribution in [3.8, 4) is 6.07 Å². The Kier molecular flexibility index (Phi) is 3.30. The molecule has 0 bridgehead atoms. The molecule has 0 spiro atoms. The molecule has 21 heavy (non-hydrogen) atoms. The van der Waals surface area contributed by atoms with Crippen LogP contribution in [-0.4, -0.2) is 27.0 Å². The van der Waals surface area contributed by atoms with Crippen molar-refractivity contribution in [3.63, 3.8) is 0 Å². The molecule has 0 radical (unpaired) electrons. The van der Waals surface area contributed by atoms with Crippen LogP contribution in [0.2, 0.25) is 5.02 Å². The van der Waals surface area contributed by atoms with Gasteiger partial charge in [-0.05, 0) is 18.2 Å². The molecule has 0 aliphatic rings. The van der Waals surface area contributed by atoms with Gasteiger partial charge < -0.3 is 15.6 Å². The predicted molar refractivity (Wildman–Crippen MR) is 80.7 cm³/mol. The Morgan fingerprint density at radius 1 is 1.33 bits per heavy atom. The van der Waals surface area contributed by atoms with E-state index in [4.69, 9.17) is 16.9 Å². The molecule has 2 heterocycles. The quantitative estimate of drug-likeness (QED) is 0.687. The molecule has 8 heteroatoms. The van der Waals surface area contributed by atoms with Gasteiger partial charge in [-0.3, -0.25) is 0 Å². The van der Waals surface area contributed by atoms with E-state index >= 15 is 0 Å². The number of imidazole rings is 1. The molecule has 0 fully saturated rings. The van der Waals surface area contributed by atoms with Gasteiger partial charge in [0.05, 0.1) is 28.7 Å². The van der Waals surface area contributed by atoms with Crippen molar-refractivity contribution in [1.29, 1.82) is 5.26 Å². The minimum absolute atomic E-state index is 0.436. The number of aromatic amines is 1. The monoisotopic (exact) mass is 299 g/mol. The van der Waals surface area contributed by atoms with E-state index in [1.54, 1.807) is 31.6 Å². The van der Waals surface area contributed by atoms with Crippen LogP contribution < -0.4 is 10.6 Å². The normalized spacial score (nSPS) is 10.3. The van der Waals surface area contributed by atoms with E-state index in [-0.39, 0.29) is 0 Å². The molecule has 104 valence electrons. The van der Waals surface area contributed by atoms with Crippen molar-refractivity contribution in [3.05, 3.63) is 35.1 Å². The molecule has 0 unspecified atom stereocenters. The van der Waals surface area contributed by atoms with Gasteiger partial charge in [-0.15, -0.1) is 0 Å². The fourth-order valence-corrected chi connectivity index (χ4v) is 2.08. The number of halogens is 1. The predicted octanol–water partition coefficient (Wildman–Crippen LogP) is 2.66. The molecule has 2 aromatic heterocycles. The summed E-state index contributed by atoms with van der Waals surface area (Å²) in [5.41, 5.74) is 2.36. The van der Waals surface area contributed by atoms with Gasteiger partial charge in [-0.25, -0.2) is 4.98 Å². The molecule has 3 aromatic rings. The lowest BCUT2D eigenvalue weighted by Crippen LogP contribution is -2.02. The molecule has 3 N–H and O–H groups in total. The van der Waals surface area contributed by atoms with E-state index in [1.165, 1.54) is 0 Å². The highest BCUT2D eigenvalue weighted by Crippen LogP contribution is 2.28. The molecular weight excluding hydrogens is 290 g/mol. The number of aromatic nitrogens is 4. The van der Waals surface area contributed by atoms with Crippen LogP contribution in [0.4, 0.5) is 17.5 Å². The number of nitriles is 1. The first kappa shape index (κ1) is 13.1. The Balaban J connectivity index is 2.05. The molecule has 0 aliphatic heterocycles. The summed E-state index contributed by atoms with van der Waals surface area (Å²) in [5, 5.41) is 15.3. The van der Waals surface area contributed by atoms with Crippen molar-refractivity contribution in [2.75, 3.05) is 17.7 Å². The molecule has 0 amide bonds. The lowest BCUT2D eigenvalue weighted by Gasteiger charge is -2.09. The fourth-order valence-electron chi connectivity index (χ4n) is 1.85. The second-order valence-electron chi connectivity index (χ2n) is 4.18. The van der Waals surface area contributed by atoms with Gasteiger partial charge in [-0.1, -0.05) is 11.6 Å². The van der Waals surface area contributed by atoms with Gasteiger partial charge >= 0.3 is 0 Å². The SMILES string of the molecule is CNc1nc(Nc2ccc(C#N)cc2Cl)c2[nH]cnc2n1. The van der Waals surface area contributed by atoms with E-state index in [0.717, 1.165) is 0 Å². The largest absolute Gasteiger partial charge is 0.357 e. The number of anilines is 3. The molecule has 7 nitrogen and oxygen atoms in total. The Morgan fingerprint density at radius 3 is 2.90 bits per heavy atom. The van der Waals surface area contributed by atoms with E-state index in [2.05, 4.69) is 30.6 Å². The highest BCUT2D eigenvalue weighted by molar-refractivity contribution is 6.33. The summed E-state index contributed by atoms with van der Waals surface area (Å²) >= 11 is 6.16. The van der Waals surface area contributed by atoms with Crippen LogP contribution in [0, 0.1) is 11.3 Å². The molecule has 1 aromatic carbocycles. The summed E-state index contributed by atoms with van der Waals surface area (Å²) < 4.78 is 0.